The van der Waals surface area contributed by atoms with Crippen LogP contribution in [0.5, 0.6) is 23.1 Å². The van der Waals surface area contributed by atoms with Crippen LogP contribution in [0.15, 0.2) is 91.3 Å². The van der Waals surface area contributed by atoms with Gasteiger partial charge in [-0.05, 0) is 55.8 Å². The van der Waals surface area contributed by atoms with E-state index in [-0.39, 0.29) is 27.9 Å². The molecule has 2 aromatic heterocycles. The van der Waals surface area contributed by atoms with Crippen molar-refractivity contribution in [3.05, 3.63) is 124 Å². The van der Waals surface area contributed by atoms with E-state index in [0.29, 0.717) is 11.6 Å². The summed E-state index contributed by atoms with van der Waals surface area (Å²) in [5.74, 6) is -5.62. The average Bonchev–Trinajstić information content (AvgIpc) is 3.52. The fraction of sp³-hybridized carbons (Fsp3) is 0.156. The van der Waals surface area contributed by atoms with Gasteiger partial charge in [0.25, 0.3) is 17.7 Å². The molecule has 0 saturated heterocycles. The number of carbonyl (C=O) groups excluding carboxylic acids is 1. The summed E-state index contributed by atoms with van der Waals surface area (Å²) in [7, 11) is 0. The first-order valence-electron chi connectivity index (χ1n) is 13.4. The Morgan fingerprint density at radius 3 is 2.31 bits per heavy atom. The summed E-state index contributed by atoms with van der Waals surface area (Å²) in [6, 6.07) is 17.9. The van der Waals surface area contributed by atoms with E-state index in [9.17, 15) is 18.0 Å². The van der Waals surface area contributed by atoms with Crippen LogP contribution in [0.1, 0.15) is 32.6 Å². The molecule has 0 aliphatic heterocycles. The van der Waals surface area contributed by atoms with Crippen LogP contribution < -0.4 is 14.8 Å². The Balaban J connectivity index is 1.64. The van der Waals surface area contributed by atoms with Crippen LogP contribution in [-0.2, 0) is 12.1 Å². The van der Waals surface area contributed by atoms with Gasteiger partial charge < -0.3 is 14.8 Å². The number of hydrogen-bond donors (Lipinski definition) is 1. The van der Waals surface area contributed by atoms with E-state index >= 15 is 8.78 Å². The van der Waals surface area contributed by atoms with Gasteiger partial charge in [-0.1, -0.05) is 59.6 Å². The number of rotatable bonds is 9. The summed E-state index contributed by atoms with van der Waals surface area (Å²) < 4.78 is 84.3. The first-order valence-corrected chi connectivity index (χ1v) is 13.8. The number of carbonyl (C=O) groups is 1. The second-order valence-corrected chi connectivity index (χ2v) is 10.3. The van der Waals surface area contributed by atoms with E-state index < -0.39 is 47.3 Å². The van der Waals surface area contributed by atoms with Crippen molar-refractivity contribution in [1.82, 2.24) is 20.1 Å². The molecule has 0 aliphatic carbocycles. The molecule has 0 fully saturated rings. The van der Waals surface area contributed by atoms with Gasteiger partial charge in [0.1, 0.15) is 22.7 Å². The smallest absolute Gasteiger partial charge is 0.416 e. The Morgan fingerprint density at radius 2 is 1.64 bits per heavy atom. The summed E-state index contributed by atoms with van der Waals surface area (Å²) in [6.07, 6.45) is -1.93. The molecule has 1 amide bonds. The number of amides is 1. The molecule has 0 radical (unpaired) electrons. The number of para-hydroxylation sites is 1. The molecular formula is C32H24ClF5N4O3. The molecule has 0 aliphatic rings. The lowest BCUT2D eigenvalue weighted by Crippen LogP contribution is -2.36. The summed E-state index contributed by atoms with van der Waals surface area (Å²) >= 11 is 6.53. The van der Waals surface area contributed by atoms with Crippen LogP contribution in [0, 0.1) is 13.8 Å². The van der Waals surface area contributed by atoms with Crippen LogP contribution in [0.4, 0.5) is 22.0 Å². The SMILES string of the molecule is Cc1ccc(C(F)(F)CNC(=O)c2c(Oc3cccc(C(F)(F)F)c3)c(Oc3ccccc3)nc(Cl)c2-n2cccn2)c(C)c1. The highest BCUT2D eigenvalue weighted by molar-refractivity contribution is 6.32. The Kier molecular flexibility index (Phi) is 8.78. The van der Waals surface area contributed by atoms with Gasteiger partial charge in [-0.25, -0.2) is 4.68 Å². The van der Waals surface area contributed by atoms with E-state index in [1.807, 2.05) is 0 Å². The highest BCUT2D eigenvalue weighted by Crippen LogP contribution is 2.43. The van der Waals surface area contributed by atoms with Gasteiger partial charge in [0.05, 0.1) is 12.1 Å². The Labute approximate surface area is 259 Å². The second-order valence-electron chi connectivity index (χ2n) is 9.96. The molecule has 5 rings (SSSR count). The standard InChI is InChI=1S/C32H24ClF5N4O3/c1-19-12-13-24(20(2)16-19)31(34,35)18-39-29(43)25-26(42-15-7-14-40-42)28(33)41-30(45-22-9-4-3-5-10-22)27(25)44-23-11-6-8-21(17-23)32(36,37)38/h3-17H,18H2,1-2H3,(H,39,43). The van der Waals surface area contributed by atoms with Crippen molar-refractivity contribution in [1.29, 1.82) is 0 Å². The van der Waals surface area contributed by atoms with E-state index in [2.05, 4.69) is 15.4 Å². The lowest BCUT2D eigenvalue weighted by molar-refractivity contribution is -0.137. The molecule has 0 bridgehead atoms. The summed E-state index contributed by atoms with van der Waals surface area (Å²) in [4.78, 5) is 18.1. The van der Waals surface area contributed by atoms with Crippen molar-refractivity contribution >= 4 is 17.5 Å². The van der Waals surface area contributed by atoms with Gasteiger partial charge in [-0.3, -0.25) is 4.79 Å². The average molecular weight is 643 g/mol. The topological polar surface area (TPSA) is 78.3 Å². The van der Waals surface area contributed by atoms with Gasteiger partial charge in [-0.2, -0.15) is 32.0 Å². The molecule has 0 unspecified atom stereocenters. The minimum Gasteiger partial charge on any atom is -0.451 e. The van der Waals surface area contributed by atoms with Crippen molar-refractivity contribution in [2.24, 2.45) is 0 Å². The number of aryl methyl sites for hydroxylation is 2. The highest BCUT2D eigenvalue weighted by Gasteiger charge is 2.36. The maximum Gasteiger partial charge on any atom is 0.416 e. The zero-order chi connectivity index (χ0) is 32.4. The van der Waals surface area contributed by atoms with Gasteiger partial charge in [0, 0.05) is 18.0 Å². The van der Waals surface area contributed by atoms with Crippen molar-refractivity contribution in [3.8, 4) is 28.8 Å². The molecule has 232 valence electrons. The third-order valence-corrected chi connectivity index (χ3v) is 6.86. The fourth-order valence-corrected chi connectivity index (χ4v) is 4.81. The van der Waals surface area contributed by atoms with Crippen LogP contribution in [-0.4, -0.2) is 27.2 Å². The number of nitrogens with one attached hydrogen (secondary N) is 1. The Hall–Kier alpha value is -4.97. The number of alkyl halides is 5. The predicted octanol–water partition coefficient (Wildman–Crippen LogP) is 8.66. The lowest BCUT2D eigenvalue weighted by Gasteiger charge is -2.22. The molecule has 0 atom stereocenters. The van der Waals surface area contributed by atoms with Gasteiger partial charge in [-0.15, -0.1) is 0 Å². The quantitative estimate of drug-likeness (QED) is 0.129. The second kappa shape index (κ2) is 12.6. The molecule has 45 heavy (non-hydrogen) atoms. The molecule has 0 spiro atoms. The number of pyridine rings is 1. The maximum atomic E-state index is 15.4. The normalized spacial score (nSPS) is 11.7. The van der Waals surface area contributed by atoms with Crippen molar-refractivity contribution in [2.45, 2.75) is 25.9 Å². The molecule has 7 nitrogen and oxygen atoms in total. The molecule has 5 aromatic rings. The minimum absolute atomic E-state index is 0.184. The van der Waals surface area contributed by atoms with Crippen LogP contribution in [0.3, 0.4) is 0 Å². The van der Waals surface area contributed by atoms with E-state index in [4.69, 9.17) is 21.1 Å². The highest BCUT2D eigenvalue weighted by atomic mass is 35.5. The first-order chi connectivity index (χ1) is 21.3. The van der Waals surface area contributed by atoms with Crippen molar-refractivity contribution in [3.63, 3.8) is 0 Å². The van der Waals surface area contributed by atoms with Crippen molar-refractivity contribution in [2.75, 3.05) is 6.54 Å². The monoisotopic (exact) mass is 642 g/mol. The van der Waals surface area contributed by atoms with Gasteiger partial charge >= 0.3 is 6.18 Å². The van der Waals surface area contributed by atoms with E-state index in [0.717, 1.165) is 22.4 Å². The fourth-order valence-electron chi connectivity index (χ4n) is 4.55. The number of ether oxygens (including phenoxy) is 2. The summed E-state index contributed by atoms with van der Waals surface area (Å²) in [5, 5.41) is 6.00. The first kappa shape index (κ1) is 31.5. The zero-order valence-corrected chi connectivity index (χ0v) is 24.5. The van der Waals surface area contributed by atoms with Gasteiger partial charge in [0.15, 0.2) is 5.15 Å². The number of benzene rings is 3. The molecule has 3 aromatic carbocycles. The molecule has 2 heterocycles. The Morgan fingerprint density at radius 1 is 0.911 bits per heavy atom. The van der Waals surface area contributed by atoms with Gasteiger partial charge in [0.2, 0.25) is 5.75 Å². The number of nitrogens with zero attached hydrogens (tertiary/aromatic N) is 3. The Bertz CT molecular complexity index is 1830. The third-order valence-electron chi connectivity index (χ3n) is 6.60. The number of hydrogen-bond acceptors (Lipinski definition) is 5. The lowest BCUT2D eigenvalue weighted by atomic mass is 10.00. The number of aromatic nitrogens is 3. The van der Waals surface area contributed by atoms with Crippen LogP contribution >= 0.6 is 11.6 Å². The molecular weight excluding hydrogens is 619 g/mol. The predicted molar refractivity (Wildman–Crippen MR) is 157 cm³/mol. The van der Waals surface area contributed by atoms with Crippen LogP contribution in [0.2, 0.25) is 5.15 Å². The zero-order valence-electron chi connectivity index (χ0n) is 23.7. The number of halogens is 6. The summed E-state index contributed by atoms with van der Waals surface area (Å²) in [6.45, 7) is 2.17. The van der Waals surface area contributed by atoms with E-state index in [1.54, 1.807) is 43.3 Å². The minimum atomic E-state index is -4.71. The largest absolute Gasteiger partial charge is 0.451 e. The van der Waals surface area contributed by atoms with Crippen molar-refractivity contribution < 1.29 is 36.2 Å². The molecule has 0 saturated carbocycles. The maximum absolute atomic E-state index is 15.4. The third kappa shape index (κ3) is 7.07. The molecule has 1 N–H and O–H groups in total. The van der Waals surface area contributed by atoms with Crippen LogP contribution in [0.25, 0.3) is 5.69 Å². The molecule has 13 heteroatoms. The van der Waals surface area contributed by atoms with E-state index in [1.165, 1.54) is 43.6 Å². The summed E-state index contributed by atoms with van der Waals surface area (Å²) in [5.41, 5.74) is -0.852.